The number of fused-ring (bicyclic) bond motifs is 1. The van der Waals surface area contributed by atoms with Gasteiger partial charge in [-0.15, -0.1) is 23.1 Å². The molecule has 27 heavy (non-hydrogen) atoms. The minimum Gasteiger partial charge on any atom is -0.497 e. The minimum atomic E-state index is -0.0584. The number of carbonyl (C=O) groups excluding carboxylic acids is 1. The highest BCUT2D eigenvalue weighted by Crippen LogP contribution is 2.45. The summed E-state index contributed by atoms with van der Waals surface area (Å²) in [6.07, 6.45) is 1.84. The molecule has 0 saturated heterocycles. The normalized spacial score (nSPS) is 16.4. The first-order valence-electron chi connectivity index (χ1n) is 8.41. The molecule has 0 unspecified atom stereocenters. The van der Waals surface area contributed by atoms with Gasteiger partial charge in [0.25, 0.3) is 0 Å². The summed E-state index contributed by atoms with van der Waals surface area (Å²) in [4.78, 5) is 13.5. The van der Waals surface area contributed by atoms with Crippen molar-refractivity contribution < 1.29 is 14.3 Å². The van der Waals surface area contributed by atoms with Crippen LogP contribution >= 0.6 is 23.1 Å². The van der Waals surface area contributed by atoms with Crippen LogP contribution in [-0.4, -0.2) is 35.7 Å². The molecule has 1 aliphatic heterocycles. The zero-order valence-corrected chi connectivity index (χ0v) is 16.6. The predicted octanol–water partition coefficient (Wildman–Crippen LogP) is 3.78. The number of anilines is 1. The van der Waals surface area contributed by atoms with E-state index in [0.717, 1.165) is 28.4 Å². The van der Waals surface area contributed by atoms with Gasteiger partial charge in [-0.2, -0.15) is 5.10 Å². The third-order valence-corrected chi connectivity index (χ3v) is 6.53. The first kappa shape index (κ1) is 17.9. The van der Waals surface area contributed by atoms with Crippen molar-refractivity contribution in [1.82, 2.24) is 9.78 Å². The minimum absolute atomic E-state index is 0.0239. The SMILES string of the molecule is COc1ccc([C@H]2SCC(=O)Nc3c2cnn3Cc2cccs2)c(OC)c1. The molecular formula is C19H19N3O3S2. The Labute approximate surface area is 165 Å². The second kappa shape index (κ2) is 7.66. The summed E-state index contributed by atoms with van der Waals surface area (Å²) in [6, 6.07) is 9.85. The van der Waals surface area contributed by atoms with Crippen LogP contribution in [0, 0.1) is 0 Å². The van der Waals surface area contributed by atoms with Crippen molar-refractivity contribution >= 4 is 34.8 Å². The number of nitrogens with one attached hydrogen (secondary N) is 1. The maximum Gasteiger partial charge on any atom is 0.235 e. The van der Waals surface area contributed by atoms with Crippen molar-refractivity contribution in [3.05, 3.63) is 57.9 Å². The molecule has 1 N–H and O–H groups in total. The Morgan fingerprint density at radius 3 is 2.89 bits per heavy atom. The highest BCUT2D eigenvalue weighted by molar-refractivity contribution is 8.00. The highest BCUT2D eigenvalue weighted by atomic mass is 32.2. The number of hydrogen-bond donors (Lipinski definition) is 1. The summed E-state index contributed by atoms with van der Waals surface area (Å²) in [5, 5.41) is 9.55. The lowest BCUT2D eigenvalue weighted by Crippen LogP contribution is -2.16. The second-order valence-electron chi connectivity index (χ2n) is 6.03. The van der Waals surface area contributed by atoms with Gasteiger partial charge in [0.15, 0.2) is 0 Å². The fourth-order valence-electron chi connectivity index (χ4n) is 3.11. The molecule has 0 bridgehead atoms. The van der Waals surface area contributed by atoms with Gasteiger partial charge in [0.1, 0.15) is 17.3 Å². The van der Waals surface area contributed by atoms with Crippen LogP contribution in [-0.2, 0) is 11.3 Å². The first-order valence-corrected chi connectivity index (χ1v) is 10.3. The fourth-order valence-corrected chi connectivity index (χ4v) is 4.91. The van der Waals surface area contributed by atoms with Crippen LogP contribution in [0.2, 0.25) is 0 Å². The molecule has 0 aliphatic carbocycles. The quantitative estimate of drug-likeness (QED) is 0.705. The molecule has 2 aromatic heterocycles. The standard InChI is InChI=1S/C19H19N3O3S2/c1-24-12-5-6-14(16(8-12)25-2)18-15-9-20-22(10-13-4-3-7-26-13)19(15)21-17(23)11-27-18/h3-9,18H,10-11H2,1-2H3,(H,21,23)/t18-/m1/s1. The number of hydrogen-bond acceptors (Lipinski definition) is 6. The summed E-state index contributed by atoms with van der Waals surface area (Å²) in [5.74, 6) is 2.56. The third-order valence-electron chi connectivity index (χ3n) is 4.40. The van der Waals surface area contributed by atoms with Gasteiger partial charge in [-0.3, -0.25) is 4.79 Å². The van der Waals surface area contributed by atoms with Gasteiger partial charge in [-0.05, 0) is 17.5 Å². The summed E-state index contributed by atoms with van der Waals surface area (Å²) < 4.78 is 12.8. The molecule has 0 radical (unpaired) electrons. The molecule has 1 atom stereocenters. The summed E-state index contributed by atoms with van der Waals surface area (Å²) >= 11 is 3.24. The van der Waals surface area contributed by atoms with Crippen molar-refractivity contribution in [2.45, 2.75) is 11.8 Å². The van der Waals surface area contributed by atoms with Crippen LogP contribution in [0.1, 0.15) is 21.3 Å². The molecule has 0 spiro atoms. The average molecular weight is 402 g/mol. The molecular weight excluding hydrogens is 382 g/mol. The van der Waals surface area contributed by atoms with Gasteiger partial charge in [0, 0.05) is 22.1 Å². The summed E-state index contributed by atoms with van der Waals surface area (Å²) in [6.45, 7) is 0.629. The van der Waals surface area contributed by atoms with Gasteiger partial charge >= 0.3 is 0 Å². The van der Waals surface area contributed by atoms with Crippen molar-refractivity contribution in [3.8, 4) is 11.5 Å². The molecule has 1 amide bonds. The van der Waals surface area contributed by atoms with Gasteiger partial charge in [-0.1, -0.05) is 12.1 Å². The number of thiophene rings is 1. The number of methoxy groups -OCH3 is 2. The Kier molecular flexibility index (Phi) is 5.09. The molecule has 8 heteroatoms. The molecule has 1 aliphatic rings. The number of thioether (sulfide) groups is 1. The van der Waals surface area contributed by atoms with Crippen molar-refractivity contribution in [1.29, 1.82) is 0 Å². The second-order valence-corrected chi connectivity index (χ2v) is 8.16. The maximum absolute atomic E-state index is 12.3. The zero-order chi connectivity index (χ0) is 18.8. The van der Waals surface area contributed by atoms with E-state index in [1.807, 2.05) is 40.5 Å². The van der Waals surface area contributed by atoms with E-state index in [4.69, 9.17) is 9.47 Å². The largest absolute Gasteiger partial charge is 0.497 e. The van der Waals surface area contributed by atoms with Crippen LogP contribution in [0.15, 0.2) is 41.9 Å². The topological polar surface area (TPSA) is 65.4 Å². The first-order chi connectivity index (χ1) is 13.2. The summed E-state index contributed by atoms with van der Waals surface area (Å²) in [5.41, 5.74) is 1.97. The number of amides is 1. The number of aromatic nitrogens is 2. The van der Waals surface area contributed by atoms with E-state index in [9.17, 15) is 4.79 Å². The van der Waals surface area contributed by atoms with Crippen molar-refractivity contribution in [3.63, 3.8) is 0 Å². The molecule has 6 nitrogen and oxygen atoms in total. The van der Waals surface area contributed by atoms with Crippen LogP contribution in [0.4, 0.5) is 5.82 Å². The molecule has 4 rings (SSSR count). The number of ether oxygens (including phenoxy) is 2. The van der Waals surface area contributed by atoms with Crippen LogP contribution < -0.4 is 14.8 Å². The lowest BCUT2D eigenvalue weighted by atomic mass is 10.0. The van der Waals surface area contributed by atoms with Crippen molar-refractivity contribution in [2.75, 3.05) is 25.3 Å². The van der Waals surface area contributed by atoms with Gasteiger partial charge in [0.05, 0.1) is 38.0 Å². The molecule has 0 fully saturated rings. The average Bonchev–Trinajstić information content (AvgIpc) is 3.30. The van der Waals surface area contributed by atoms with Crippen LogP contribution in [0.3, 0.4) is 0 Å². The van der Waals surface area contributed by atoms with Crippen LogP contribution in [0.5, 0.6) is 11.5 Å². The van der Waals surface area contributed by atoms with Gasteiger partial charge < -0.3 is 14.8 Å². The Balaban J connectivity index is 1.76. The Morgan fingerprint density at radius 1 is 1.26 bits per heavy atom. The Hall–Kier alpha value is -2.45. The number of carbonyl (C=O) groups is 1. The maximum atomic E-state index is 12.3. The number of benzene rings is 1. The predicted molar refractivity (Wildman–Crippen MR) is 108 cm³/mol. The highest BCUT2D eigenvalue weighted by Gasteiger charge is 2.29. The van der Waals surface area contributed by atoms with Gasteiger partial charge in [0.2, 0.25) is 5.91 Å². The molecule has 3 aromatic rings. The molecule has 3 heterocycles. The van der Waals surface area contributed by atoms with Gasteiger partial charge in [-0.25, -0.2) is 4.68 Å². The van der Waals surface area contributed by atoms with E-state index in [1.54, 1.807) is 37.3 Å². The Morgan fingerprint density at radius 2 is 2.15 bits per heavy atom. The van der Waals surface area contributed by atoms with E-state index in [1.165, 1.54) is 4.88 Å². The van der Waals surface area contributed by atoms with E-state index >= 15 is 0 Å². The van der Waals surface area contributed by atoms with E-state index in [0.29, 0.717) is 12.3 Å². The van der Waals surface area contributed by atoms with Crippen LogP contribution in [0.25, 0.3) is 0 Å². The molecule has 0 saturated carbocycles. The summed E-state index contributed by atoms with van der Waals surface area (Å²) in [7, 11) is 3.27. The molecule has 140 valence electrons. The van der Waals surface area contributed by atoms with Crippen molar-refractivity contribution in [2.24, 2.45) is 0 Å². The lowest BCUT2D eigenvalue weighted by molar-refractivity contribution is -0.113. The van der Waals surface area contributed by atoms with E-state index < -0.39 is 0 Å². The number of nitrogens with zero attached hydrogens (tertiary/aromatic N) is 2. The van der Waals surface area contributed by atoms with E-state index in [2.05, 4.69) is 16.5 Å². The number of rotatable bonds is 5. The fraction of sp³-hybridized carbons (Fsp3) is 0.263. The third kappa shape index (κ3) is 3.54. The molecule has 1 aromatic carbocycles. The lowest BCUT2D eigenvalue weighted by Gasteiger charge is -2.18. The zero-order valence-electron chi connectivity index (χ0n) is 15.0. The van der Waals surface area contributed by atoms with E-state index in [-0.39, 0.29) is 11.2 Å². The Bertz CT molecular complexity index is 953. The monoisotopic (exact) mass is 401 g/mol. The smallest absolute Gasteiger partial charge is 0.235 e.